The van der Waals surface area contributed by atoms with Gasteiger partial charge < -0.3 is 4.74 Å². The number of nitrogens with zero attached hydrogens (tertiary/aromatic N) is 1. The largest absolute Gasteiger partial charge is 0.497 e. The summed E-state index contributed by atoms with van der Waals surface area (Å²) in [5.41, 5.74) is 2.46. The SMILES string of the molecule is COc1ccc(N([O])c2ccc(C(C)C)cc2)cc1. The van der Waals surface area contributed by atoms with Crippen molar-refractivity contribution in [1.82, 2.24) is 0 Å². The van der Waals surface area contributed by atoms with Crippen LogP contribution in [0, 0.1) is 0 Å². The molecule has 19 heavy (non-hydrogen) atoms. The minimum atomic E-state index is 0.468. The lowest BCUT2D eigenvalue weighted by Gasteiger charge is -2.15. The van der Waals surface area contributed by atoms with Crippen LogP contribution < -0.4 is 9.80 Å². The highest BCUT2D eigenvalue weighted by atomic mass is 16.5. The summed E-state index contributed by atoms with van der Waals surface area (Å²) in [6.45, 7) is 4.26. The Hall–Kier alpha value is -2.00. The van der Waals surface area contributed by atoms with Gasteiger partial charge in [-0.05, 0) is 47.9 Å². The second-order valence-electron chi connectivity index (χ2n) is 4.74. The van der Waals surface area contributed by atoms with Gasteiger partial charge in [0.25, 0.3) is 0 Å². The van der Waals surface area contributed by atoms with Gasteiger partial charge in [0.1, 0.15) is 5.75 Å². The molecular weight excluding hydrogens is 238 g/mol. The first-order chi connectivity index (χ1) is 9.11. The zero-order valence-corrected chi connectivity index (χ0v) is 11.5. The van der Waals surface area contributed by atoms with Crippen molar-refractivity contribution in [3.05, 3.63) is 54.1 Å². The summed E-state index contributed by atoms with van der Waals surface area (Å²) >= 11 is 0. The lowest BCUT2D eigenvalue weighted by molar-refractivity contribution is 0.196. The standard InChI is InChI=1S/C16H18NO2/c1-12(2)13-4-6-14(7-5-13)17(18)15-8-10-16(19-3)11-9-15/h4-12H,1-3H3. The van der Waals surface area contributed by atoms with Crippen molar-refractivity contribution in [3.63, 3.8) is 0 Å². The van der Waals surface area contributed by atoms with Crippen LogP contribution in [0.25, 0.3) is 0 Å². The van der Waals surface area contributed by atoms with E-state index >= 15 is 0 Å². The van der Waals surface area contributed by atoms with E-state index in [-0.39, 0.29) is 0 Å². The minimum Gasteiger partial charge on any atom is -0.497 e. The minimum absolute atomic E-state index is 0.468. The van der Waals surface area contributed by atoms with Gasteiger partial charge >= 0.3 is 0 Å². The van der Waals surface area contributed by atoms with Crippen molar-refractivity contribution in [2.45, 2.75) is 19.8 Å². The Morgan fingerprint density at radius 3 is 1.79 bits per heavy atom. The van der Waals surface area contributed by atoms with Crippen molar-refractivity contribution in [3.8, 4) is 5.75 Å². The first-order valence-electron chi connectivity index (χ1n) is 6.33. The van der Waals surface area contributed by atoms with Gasteiger partial charge in [0.05, 0.1) is 18.5 Å². The highest BCUT2D eigenvalue weighted by molar-refractivity contribution is 5.61. The van der Waals surface area contributed by atoms with E-state index in [9.17, 15) is 5.21 Å². The average molecular weight is 256 g/mol. The van der Waals surface area contributed by atoms with Crippen molar-refractivity contribution in [1.29, 1.82) is 0 Å². The molecule has 0 aliphatic heterocycles. The van der Waals surface area contributed by atoms with Crippen LogP contribution in [0.15, 0.2) is 48.5 Å². The average Bonchev–Trinajstić information content (AvgIpc) is 2.46. The molecule has 3 nitrogen and oxygen atoms in total. The smallest absolute Gasteiger partial charge is 0.119 e. The maximum atomic E-state index is 12.2. The number of hydrogen-bond acceptors (Lipinski definition) is 2. The van der Waals surface area contributed by atoms with Crippen LogP contribution in [0.4, 0.5) is 11.4 Å². The molecule has 0 unspecified atom stereocenters. The van der Waals surface area contributed by atoms with Crippen molar-refractivity contribution in [2.24, 2.45) is 0 Å². The van der Waals surface area contributed by atoms with Gasteiger partial charge in [0, 0.05) is 0 Å². The second kappa shape index (κ2) is 5.76. The van der Waals surface area contributed by atoms with Crippen LogP contribution in [0.5, 0.6) is 5.75 Å². The molecule has 0 heterocycles. The molecule has 0 aliphatic rings. The summed E-state index contributed by atoms with van der Waals surface area (Å²) in [5, 5.41) is 13.1. The quantitative estimate of drug-likeness (QED) is 0.764. The number of methoxy groups -OCH3 is 1. The lowest BCUT2D eigenvalue weighted by atomic mass is 10.0. The molecule has 0 saturated heterocycles. The van der Waals surface area contributed by atoms with E-state index in [0.717, 1.165) is 10.8 Å². The number of ether oxygens (including phenoxy) is 1. The Bertz CT molecular complexity index is 517. The van der Waals surface area contributed by atoms with Crippen LogP contribution in [0.2, 0.25) is 0 Å². The number of benzene rings is 2. The predicted molar refractivity (Wildman–Crippen MR) is 76.4 cm³/mol. The van der Waals surface area contributed by atoms with Crippen molar-refractivity contribution in [2.75, 3.05) is 12.2 Å². The Balaban J connectivity index is 2.20. The van der Waals surface area contributed by atoms with Gasteiger partial charge in [-0.1, -0.05) is 31.2 Å². The molecule has 2 aromatic carbocycles. The molecule has 99 valence electrons. The van der Waals surface area contributed by atoms with Crippen molar-refractivity contribution < 1.29 is 9.94 Å². The summed E-state index contributed by atoms with van der Waals surface area (Å²) < 4.78 is 5.08. The van der Waals surface area contributed by atoms with E-state index in [2.05, 4.69) is 13.8 Å². The highest BCUT2D eigenvalue weighted by Gasteiger charge is 2.08. The normalized spacial score (nSPS) is 10.6. The van der Waals surface area contributed by atoms with Gasteiger partial charge in [-0.2, -0.15) is 5.06 Å². The van der Waals surface area contributed by atoms with E-state index in [1.807, 2.05) is 24.3 Å². The molecule has 0 aromatic heterocycles. The molecule has 0 saturated carbocycles. The molecule has 0 aliphatic carbocycles. The Kier molecular flexibility index (Phi) is 4.07. The van der Waals surface area contributed by atoms with Crippen LogP contribution >= 0.6 is 0 Å². The molecule has 1 radical (unpaired) electrons. The van der Waals surface area contributed by atoms with Crippen LogP contribution in [-0.4, -0.2) is 7.11 Å². The summed E-state index contributed by atoms with van der Waals surface area (Å²) in [7, 11) is 1.61. The van der Waals surface area contributed by atoms with E-state index < -0.39 is 0 Å². The first-order valence-corrected chi connectivity index (χ1v) is 6.33. The molecule has 0 amide bonds. The van der Waals surface area contributed by atoms with Crippen LogP contribution in [0.1, 0.15) is 25.3 Å². The van der Waals surface area contributed by atoms with E-state index in [4.69, 9.17) is 4.74 Å². The van der Waals surface area contributed by atoms with E-state index in [0.29, 0.717) is 17.3 Å². The van der Waals surface area contributed by atoms with Crippen LogP contribution in [-0.2, 0) is 5.21 Å². The molecule has 0 spiro atoms. The fourth-order valence-electron chi connectivity index (χ4n) is 1.86. The number of hydrogen-bond donors (Lipinski definition) is 0. The molecule has 0 N–H and O–H groups in total. The first kappa shape index (κ1) is 13.4. The third kappa shape index (κ3) is 3.06. The number of anilines is 2. The third-order valence-corrected chi connectivity index (χ3v) is 3.10. The Morgan fingerprint density at radius 1 is 0.895 bits per heavy atom. The summed E-state index contributed by atoms with van der Waals surface area (Å²) in [6, 6.07) is 14.8. The zero-order chi connectivity index (χ0) is 13.8. The van der Waals surface area contributed by atoms with Gasteiger partial charge in [-0.3, -0.25) is 0 Å². The van der Waals surface area contributed by atoms with Gasteiger partial charge in [0.15, 0.2) is 0 Å². The van der Waals surface area contributed by atoms with Crippen molar-refractivity contribution >= 4 is 11.4 Å². The molecule has 3 heteroatoms. The van der Waals surface area contributed by atoms with Gasteiger partial charge in [-0.15, -0.1) is 0 Å². The third-order valence-electron chi connectivity index (χ3n) is 3.10. The lowest BCUT2D eigenvalue weighted by Crippen LogP contribution is -2.08. The predicted octanol–water partition coefficient (Wildman–Crippen LogP) is 4.30. The fraction of sp³-hybridized carbons (Fsp3) is 0.250. The van der Waals surface area contributed by atoms with E-state index in [1.165, 1.54) is 5.56 Å². The highest BCUT2D eigenvalue weighted by Crippen LogP contribution is 2.27. The molecule has 2 aromatic rings. The maximum absolute atomic E-state index is 12.2. The molecule has 0 bridgehead atoms. The fourth-order valence-corrected chi connectivity index (χ4v) is 1.86. The molecule has 0 atom stereocenters. The monoisotopic (exact) mass is 256 g/mol. The zero-order valence-electron chi connectivity index (χ0n) is 11.5. The van der Waals surface area contributed by atoms with Crippen LogP contribution in [0.3, 0.4) is 0 Å². The summed E-state index contributed by atoms with van der Waals surface area (Å²) in [5.74, 6) is 1.21. The topological polar surface area (TPSA) is 32.4 Å². The number of rotatable bonds is 4. The summed E-state index contributed by atoms with van der Waals surface area (Å²) in [6.07, 6.45) is 0. The molecule has 0 fully saturated rings. The molecule has 2 rings (SSSR count). The summed E-state index contributed by atoms with van der Waals surface area (Å²) in [4.78, 5) is 0. The van der Waals surface area contributed by atoms with E-state index in [1.54, 1.807) is 31.4 Å². The van der Waals surface area contributed by atoms with Gasteiger partial charge in [0.2, 0.25) is 0 Å². The Morgan fingerprint density at radius 2 is 1.37 bits per heavy atom. The second-order valence-corrected chi connectivity index (χ2v) is 4.74. The Labute approximate surface area is 114 Å². The maximum Gasteiger partial charge on any atom is 0.119 e. The molecular formula is C16H18NO2. The van der Waals surface area contributed by atoms with Gasteiger partial charge in [-0.25, -0.2) is 0 Å².